The van der Waals surface area contributed by atoms with E-state index in [1.54, 1.807) is 0 Å². The van der Waals surface area contributed by atoms with Crippen LogP contribution in [-0.2, 0) is 9.59 Å². The maximum Gasteiger partial charge on any atom is 0.222 e. The molecule has 0 aliphatic heterocycles. The molecule has 0 aliphatic carbocycles. The smallest absolute Gasteiger partial charge is 0.222 e. The number of aliphatic hydroxyl groups is 1. The highest BCUT2D eigenvalue weighted by atomic mass is 19.1. The van der Waals surface area contributed by atoms with E-state index in [0.29, 0.717) is 12.5 Å². The first-order chi connectivity index (χ1) is 11.2. The maximum atomic E-state index is 13.9. The van der Waals surface area contributed by atoms with Crippen molar-refractivity contribution in [3.05, 3.63) is 35.4 Å². The lowest BCUT2D eigenvalue weighted by Gasteiger charge is -2.20. The van der Waals surface area contributed by atoms with Crippen LogP contribution in [0.25, 0.3) is 0 Å². The summed E-state index contributed by atoms with van der Waals surface area (Å²) in [5.74, 6) is -2.16. The Bertz CT molecular complexity index is 579. The minimum Gasteiger partial charge on any atom is -0.391 e. The largest absolute Gasteiger partial charge is 0.391 e. The molecule has 3 N–H and O–H groups in total. The molecule has 1 aromatic rings. The van der Waals surface area contributed by atoms with Gasteiger partial charge in [0.15, 0.2) is 0 Å². The third-order valence-corrected chi connectivity index (χ3v) is 3.38. The van der Waals surface area contributed by atoms with Crippen LogP contribution in [0.4, 0.5) is 8.78 Å². The quantitative estimate of drug-likeness (QED) is 0.677. The van der Waals surface area contributed by atoms with E-state index in [2.05, 4.69) is 10.6 Å². The normalized spacial score (nSPS) is 13.5. The van der Waals surface area contributed by atoms with Crippen LogP contribution in [0.1, 0.15) is 45.2 Å². The Morgan fingerprint density at radius 2 is 1.92 bits per heavy atom. The molecule has 2 atom stereocenters. The molecular weight excluding hydrogens is 318 g/mol. The molecule has 2 amide bonds. The molecule has 5 nitrogen and oxygen atoms in total. The van der Waals surface area contributed by atoms with Gasteiger partial charge in [0.25, 0.3) is 0 Å². The lowest BCUT2D eigenvalue weighted by atomic mass is 10.0. The summed E-state index contributed by atoms with van der Waals surface area (Å²) < 4.78 is 26.9. The zero-order valence-corrected chi connectivity index (χ0v) is 14.1. The van der Waals surface area contributed by atoms with Crippen LogP contribution in [0.3, 0.4) is 0 Å². The van der Waals surface area contributed by atoms with E-state index in [1.165, 1.54) is 13.0 Å². The van der Waals surface area contributed by atoms with Crippen LogP contribution >= 0.6 is 0 Å². The first kappa shape index (κ1) is 20.0. The van der Waals surface area contributed by atoms with E-state index in [0.717, 1.165) is 6.07 Å². The highest BCUT2D eigenvalue weighted by molar-refractivity contribution is 5.79. The van der Waals surface area contributed by atoms with Gasteiger partial charge >= 0.3 is 0 Å². The Morgan fingerprint density at radius 3 is 2.46 bits per heavy atom. The number of benzene rings is 1. The van der Waals surface area contributed by atoms with Gasteiger partial charge in [-0.15, -0.1) is 0 Å². The van der Waals surface area contributed by atoms with Crippen LogP contribution in [0.15, 0.2) is 18.2 Å². The molecule has 7 heteroatoms. The fourth-order valence-electron chi connectivity index (χ4n) is 2.38. The van der Waals surface area contributed by atoms with Gasteiger partial charge in [-0.1, -0.05) is 19.9 Å². The third kappa shape index (κ3) is 7.04. The Kier molecular flexibility index (Phi) is 7.78. The molecule has 0 spiro atoms. The second-order valence-electron chi connectivity index (χ2n) is 6.21. The topological polar surface area (TPSA) is 78.4 Å². The second kappa shape index (κ2) is 9.32. The Labute approximate surface area is 140 Å². The zero-order valence-electron chi connectivity index (χ0n) is 14.1. The average Bonchev–Trinajstić information content (AvgIpc) is 2.43. The number of rotatable bonds is 8. The number of hydrogen-bond donors (Lipinski definition) is 3. The molecular formula is C17H24F2N2O3. The van der Waals surface area contributed by atoms with Crippen molar-refractivity contribution >= 4 is 11.8 Å². The molecule has 0 aromatic heterocycles. The number of nitrogens with one attached hydrogen (secondary N) is 2. The molecule has 134 valence electrons. The standard InChI is InChI=1S/C17H24F2N2O3/c1-10(2)6-13(23)9-20-17(24)8-16(21-11(3)22)14-5-4-12(18)7-15(14)19/h4-5,7,10,13,16,23H,6,8-9H2,1-3H3,(H,20,24)(H,21,22). The minimum atomic E-state index is -0.912. The summed E-state index contributed by atoms with van der Waals surface area (Å²) in [6, 6.07) is 2.06. The van der Waals surface area contributed by atoms with Gasteiger partial charge in [0.2, 0.25) is 11.8 Å². The van der Waals surface area contributed by atoms with Gasteiger partial charge in [0.1, 0.15) is 11.6 Å². The number of aliphatic hydroxyl groups excluding tert-OH is 1. The molecule has 2 unspecified atom stereocenters. The van der Waals surface area contributed by atoms with Gasteiger partial charge in [0.05, 0.1) is 18.6 Å². The van der Waals surface area contributed by atoms with Crippen LogP contribution in [-0.4, -0.2) is 29.6 Å². The van der Waals surface area contributed by atoms with E-state index in [1.807, 2.05) is 13.8 Å². The highest BCUT2D eigenvalue weighted by Gasteiger charge is 2.21. The van der Waals surface area contributed by atoms with Crippen molar-refractivity contribution in [2.45, 2.75) is 45.8 Å². The molecule has 0 fully saturated rings. The van der Waals surface area contributed by atoms with Crippen LogP contribution < -0.4 is 10.6 Å². The first-order valence-electron chi connectivity index (χ1n) is 7.85. The predicted octanol–water partition coefficient (Wildman–Crippen LogP) is 2.06. The zero-order chi connectivity index (χ0) is 18.3. The summed E-state index contributed by atoms with van der Waals surface area (Å²) in [4.78, 5) is 23.3. The summed E-state index contributed by atoms with van der Waals surface area (Å²) in [5.41, 5.74) is 0.0319. The van der Waals surface area contributed by atoms with Crippen LogP contribution in [0.2, 0.25) is 0 Å². The number of carbonyl (C=O) groups is 2. The number of carbonyl (C=O) groups excluding carboxylic acids is 2. The van der Waals surface area contributed by atoms with Crippen molar-refractivity contribution in [3.63, 3.8) is 0 Å². The van der Waals surface area contributed by atoms with Crippen LogP contribution in [0, 0.1) is 17.6 Å². The molecule has 0 bridgehead atoms. The van der Waals surface area contributed by atoms with E-state index in [4.69, 9.17) is 0 Å². The van der Waals surface area contributed by atoms with E-state index >= 15 is 0 Å². The lowest BCUT2D eigenvalue weighted by Crippen LogP contribution is -2.36. The number of amides is 2. The average molecular weight is 342 g/mol. The first-order valence-corrected chi connectivity index (χ1v) is 7.85. The predicted molar refractivity (Wildman–Crippen MR) is 86.0 cm³/mol. The number of hydrogen-bond acceptors (Lipinski definition) is 3. The summed E-state index contributed by atoms with van der Waals surface area (Å²) in [6.45, 7) is 5.23. The lowest BCUT2D eigenvalue weighted by molar-refractivity contribution is -0.123. The monoisotopic (exact) mass is 342 g/mol. The molecule has 1 aromatic carbocycles. The van der Waals surface area contributed by atoms with Gasteiger partial charge in [-0.3, -0.25) is 9.59 Å². The fourth-order valence-corrected chi connectivity index (χ4v) is 2.38. The molecule has 0 saturated carbocycles. The second-order valence-corrected chi connectivity index (χ2v) is 6.21. The van der Waals surface area contributed by atoms with Crippen molar-refractivity contribution in [1.29, 1.82) is 0 Å². The van der Waals surface area contributed by atoms with Crippen molar-refractivity contribution in [2.75, 3.05) is 6.54 Å². The fraction of sp³-hybridized carbons (Fsp3) is 0.529. The molecule has 0 heterocycles. The van der Waals surface area contributed by atoms with Crippen molar-refractivity contribution < 1.29 is 23.5 Å². The van der Waals surface area contributed by atoms with E-state index in [9.17, 15) is 23.5 Å². The SMILES string of the molecule is CC(=O)NC(CC(=O)NCC(O)CC(C)C)c1ccc(F)cc1F. The Balaban J connectivity index is 2.72. The van der Waals surface area contributed by atoms with Gasteiger partial charge in [-0.05, 0) is 18.4 Å². The summed E-state index contributed by atoms with van der Waals surface area (Å²) >= 11 is 0. The summed E-state index contributed by atoms with van der Waals surface area (Å²) in [5, 5.41) is 14.8. The molecule has 0 aliphatic rings. The summed E-state index contributed by atoms with van der Waals surface area (Å²) in [7, 11) is 0. The molecule has 1 rings (SSSR count). The van der Waals surface area contributed by atoms with Crippen molar-refractivity contribution in [2.24, 2.45) is 5.92 Å². The highest BCUT2D eigenvalue weighted by Crippen LogP contribution is 2.21. The number of halogens is 2. The van der Waals surface area contributed by atoms with Gasteiger partial charge < -0.3 is 15.7 Å². The maximum absolute atomic E-state index is 13.9. The third-order valence-electron chi connectivity index (χ3n) is 3.38. The minimum absolute atomic E-state index is 0.0319. The van der Waals surface area contributed by atoms with Gasteiger partial charge in [0, 0.05) is 25.1 Å². The summed E-state index contributed by atoms with van der Waals surface area (Å²) in [6.07, 6.45) is -0.339. The van der Waals surface area contributed by atoms with E-state index in [-0.39, 0.29) is 24.4 Å². The molecule has 0 saturated heterocycles. The van der Waals surface area contributed by atoms with Gasteiger partial charge in [-0.2, -0.15) is 0 Å². The van der Waals surface area contributed by atoms with Crippen molar-refractivity contribution in [3.8, 4) is 0 Å². The van der Waals surface area contributed by atoms with Crippen molar-refractivity contribution in [1.82, 2.24) is 10.6 Å². The Hall–Kier alpha value is -2.02. The molecule has 0 radical (unpaired) electrons. The van der Waals surface area contributed by atoms with E-state index < -0.39 is 35.6 Å². The van der Waals surface area contributed by atoms with Gasteiger partial charge in [-0.25, -0.2) is 8.78 Å². The Morgan fingerprint density at radius 1 is 1.25 bits per heavy atom. The molecule has 24 heavy (non-hydrogen) atoms. The van der Waals surface area contributed by atoms with Crippen LogP contribution in [0.5, 0.6) is 0 Å².